The van der Waals surface area contributed by atoms with E-state index >= 15 is 0 Å². The Bertz CT molecular complexity index is 233. The molecule has 1 rings (SSSR count). The molecule has 0 radical (unpaired) electrons. The van der Waals surface area contributed by atoms with E-state index in [2.05, 4.69) is 0 Å². The largest absolute Gasteiger partial charge is 0.298 e. The van der Waals surface area contributed by atoms with Crippen molar-refractivity contribution in [2.45, 2.75) is 40.2 Å². The van der Waals surface area contributed by atoms with Gasteiger partial charge in [-0.15, -0.1) is 0 Å². The van der Waals surface area contributed by atoms with Crippen molar-refractivity contribution >= 4 is 11.7 Å². The Morgan fingerprint density at radius 3 is 2.15 bits per heavy atom. The molecule has 0 spiro atoms. The van der Waals surface area contributed by atoms with E-state index in [1.165, 1.54) is 0 Å². The minimum absolute atomic E-state index is 0.0369. The Morgan fingerprint density at radius 2 is 1.92 bits per heavy atom. The number of likely N-dealkylation sites (tertiary alicyclic amines) is 1. The molecule has 1 saturated heterocycles. The zero-order valence-corrected chi connectivity index (χ0v) is 8.79. The monoisotopic (exact) mass is 182 g/mol. The van der Waals surface area contributed by atoms with Crippen molar-refractivity contribution in [3.05, 3.63) is 0 Å². The van der Waals surface area contributed by atoms with E-state index in [1.807, 2.05) is 27.7 Å². The predicted molar refractivity (Wildman–Crippen MR) is 52.7 cm³/mol. The maximum atomic E-state index is 11.8. The SMILES string of the molecule is CC(C)C1CC(=N)N(C(C)C)C1=O. The maximum Gasteiger partial charge on any atom is 0.231 e. The molecule has 0 aromatic heterocycles. The maximum absolute atomic E-state index is 11.8. The number of hydrogen-bond donors (Lipinski definition) is 1. The molecule has 0 bridgehead atoms. The number of carbonyl (C=O) groups is 1. The van der Waals surface area contributed by atoms with E-state index in [0.717, 1.165) is 0 Å². The van der Waals surface area contributed by atoms with E-state index in [4.69, 9.17) is 5.41 Å². The third-order valence-corrected chi connectivity index (χ3v) is 2.58. The zero-order valence-electron chi connectivity index (χ0n) is 8.79. The second kappa shape index (κ2) is 3.48. The highest BCUT2D eigenvalue weighted by Gasteiger charge is 2.38. The molecule has 0 aromatic rings. The average Bonchev–Trinajstić information content (AvgIpc) is 2.26. The van der Waals surface area contributed by atoms with Crippen molar-refractivity contribution in [2.24, 2.45) is 11.8 Å². The normalized spacial score (nSPS) is 23.8. The highest BCUT2D eigenvalue weighted by Crippen LogP contribution is 2.27. The summed E-state index contributed by atoms with van der Waals surface area (Å²) >= 11 is 0. The van der Waals surface area contributed by atoms with Gasteiger partial charge >= 0.3 is 0 Å². The summed E-state index contributed by atoms with van der Waals surface area (Å²) in [4.78, 5) is 13.4. The van der Waals surface area contributed by atoms with E-state index < -0.39 is 0 Å². The number of hydrogen-bond acceptors (Lipinski definition) is 2. The van der Waals surface area contributed by atoms with Crippen LogP contribution in [-0.2, 0) is 4.79 Å². The lowest BCUT2D eigenvalue weighted by Crippen LogP contribution is -2.37. The Hall–Kier alpha value is -0.860. The number of amidine groups is 1. The van der Waals surface area contributed by atoms with Crippen LogP contribution >= 0.6 is 0 Å². The number of rotatable bonds is 2. The van der Waals surface area contributed by atoms with Gasteiger partial charge in [0.25, 0.3) is 0 Å². The summed E-state index contributed by atoms with van der Waals surface area (Å²) in [6.07, 6.45) is 0.620. The van der Waals surface area contributed by atoms with Crippen molar-refractivity contribution < 1.29 is 4.79 Å². The summed E-state index contributed by atoms with van der Waals surface area (Å²) in [5.74, 6) is 1.00. The first kappa shape index (κ1) is 10.2. The fourth-order valence-electron chi connectivity index (χ4n) is 1.79. The van der Waals surface area contributed by atoms with Crippen molar-refractivity contribution in [1.29, 1.82) is 5.41 Å². The molecule has 3 nitrogen and oxygen atoms in total. The van der Waals surface area contributed by atoms with Crippen molar-refractivity contribution in [2.75, 3.05) is 0 Å². The molecule has 1 aliphatic rings. The number of carbonyl (C=O) groups excluding carboxylic acids is 1. The lowest BCUT2D eigenvalue weighted by molar-refractivity contribution is -0.131. The number of nitrogens with zero attached hydrogens (tertiary/aromatic N) is 1. The average molecular weight is 182 g/mol. The van der Waals surface area contributed by atoms with Gasteiger partial charge in [0.2, 0.25) is 5.91 Å². The second-order valence-electron chi connectivity index (χ2n) is 4.30. The Balaban J connectivity index is 2.82. The first-order chi connectivity index (χ1) is 5.95. The molecule has 1 atom stereocenters. The molecule has 3 heteroatoms. The van der Waals surface area contributed by atoms with Gasteiger partial charge in [0.05, 0.1) is 0 Å². The third-order valence-electron chi connectivity index (χ3n) is 2.58. The van der Waals surface area contributed by atoms with Gasteiger partial charge in [-0.3, -0.25) is 15.1 Å². The lowest BCUT2D eigenvalue weighted by Gasteiger charge is -2.21. The van der Waals surface area contributed by atoms with Crippen LogP contribution < -0.4 is 0 Å². The molecule has 0 saturated carbocycles. The Kier molecular flexibility index (Phi) is 2.74. The smallest absolute Gasteiger partial charge is 0.231 e. The van der Waals surface area contributed by atoms with Crippen molar-refractivity contribution in [1.82, 2.24) is 4.90 Å². The molecular formula is C10H18N2O. The molecule has 0 aromatic carbocycles. The van der Waals surface area contributed by atoms with Gasteiger partial charge in [-0.05, 0) is 19.8 Å². The van der Waals surface area contributed by atoms with Crippen LogP contribution in [0, 0.1) is 17.2 Å². The summed E-state index contributed by atoms with van der Waals surface area (Å²) < 4.78 is 0. The number of nitrogens with one attached hydrogen (secondary N) is 1. The zero-order chi connectivity index (χ0) is 10.2. The first-order valence-corrected chi connectivity index (χ1v) is 4.85. The quantitative estimate of drug-likeness (QED) is 0.696. The minimum atomic E-state index is 0.0369. The van der Waals surface area contributed by atoms with Crippen LogP contribution in [-0.4, -0.2) is 22.7 Å². The highest BCUT2D eigenvalue weighted by atomic mass is 16.2. The molecule has 1 unspecified atom stereocenters. The number of amides is 1. The fourth-order valence-corrected chi connectivity index (χ4v) is 1.79. The summed E-state index contributed by atoms with van der Waals surface area (Å²) in [6, 6.07) is 0.128. The molecule has 1 aliphatic heterocycles. The van der Waals surface area contributed by atoms with Crippen LogP contribution in [0.2, 0.25) is 0 Å². The fraction of sp³-hybridized carbons (Fsp3) is 0.800. The van der Waals surface area contributed by atoms with E-state index in [0.29, 0.717) is 18.2 Å². The van der Waals surface area contributed by atoms with Crippen LogP contribution in [0.15, 0.2) is 0 Å². The van der Waals surface area contributed by atoms with Gasteiger partial charge in [0.1, 0.15) is 5.84 Å². The molecule has 1 N–H and O–H groups in total. The third kappa shape index (κ3) is 1.74. The van der Waals surface area contributed by atoms with Crippen molar-refractivity contribution in [3.63, 3.8) is 0 Å². The van der Waals surface area contributed by atoms with Gasteiger partial charge in [0, 0.05) is 18.4 Å². The topological polar surface area (TPSA) is 44.2 Å². The van der Waals surface area contributed by atoms with Crippen LogP contribution in [0.25, 0.3) is 0 Å². The summed E-state index contributed by atoms with van der Waals surface area (Å²) in [5.41, 5.74) is 0. The van der Waals surface area contributed by atoms with Gasteiger partial charge in [-0.1, -0.05) is 13.8 Å². The standard InChI is InChI=1S/C10H18N2O/c1-6(2)8-5-9(11)12(7(3)4)10(8)13/h6-8,11H,5H2,1-4H3. The van der Waals surface area contributed by atoms with Crippen LogP contribution in [0.3, 0.4) is 0 Å². The molecule has 13 heavy (non-hydrogen) atoms. The molecule has 74 valence electrons. The molecule has 0 aliphatic carbocycles. The summed E-state index contributed by atoms with van der Waals surface area (Å²) in [5, 5.41) is 7.70. The van der Waals surface area contributed by atoms with Crippen molar-refractivity contribution in [3.8, 4) is 0 Å². The first-order valence-electron chi connectivity index (χ1n) is 4.85. The van der Waals surface area contributed by atoms with Crippen LogP contribution in [0.4, 0.5) is 0 Å². The summed E-state index contributed by atoms with van der Waals surface area (Å²) in [7, 11) is 0. The second-order valence-corrected chi connectivity index (χ2v) is 4.30. The molecule has 1 heterocycles. The van der Waals surface area contributed by atoms with Crippen LogP contribution in [0.5, 0.6) is 0 Å². The molecule has 1 fully saturated rings. The Labute approximate surface area is 79.6 Å². The molecule has 1 amide bonds. The minimum Gasteiger partial charge on any atom is -0.298 e. The van der Waals surface area contributed by atoms with E-state index in [1.54, 1.807) is 4.90 Å². The van der Waals surface area contributed by atoms with Gasteiger partial charge in [-0.2, -0.15) is 0 Å². The van der Waals surface area contributed by atoms with Gasteiger partial charge in [-0.25, -0.2) is 0 Å². The highest BCUT2D eigenvalue weighted by molar-refractivity contribution is 6.05. The van der Waals surface area contributed by atoms with E-state index in [9.17, 15) is 4.79 Å². The van der Waals surface area contributed by atoms with Gasteiger partial charge < -0.3 is 0 Å². The van der Waals surface area contributed by atoms with Crippen LogP contribution in [0.1, 0.15) is 34.1 Å². The van der Waals surface area contributed by atoms with Gasteiger partial charge in [0.15, 0.2) is 0 Å². The lowest BCUT2D eigenvalue weighted by atomic mass is 9.94. The van der Waals surface area contributed by atoms with E-state index in [-0.39, 0.29) is 17.9 Å². The predicted octanol–water partition coefficient (Wildman–Crippen LogP) is 1.88. The Morgan fingerprint density at radius 1 is 1.38 bits per heavy atom. The summed E-state index contributed by atoms with van der Waals surface area (Å²) in [6.45, 7) is 7.99. The molecular weight excluding hydrogens is 164 g/mol.